The Bertz CT molecular complexity index is 1100. The molecule has 0 aromatic heterocycles. The number of piperidine rings is 1. The van der Waals surface area contributed by atoms with Gasteiger partial charge in [0, 0.05) is 18.1 Å². The zero-order chi connectivity index (χ0) is 26.3. The van der Waals surface area contributed by atoms with Crippen LogP contribution in [-0.4, -0.2) is 54.9 Å². The van der Waals surface area contributed by atoms with Gasteiger partial charge in [-0.25, -0.2) is 0 Å². The van der Waals surface area contributed by atoms with Gasteiger partial charge in [0.15, 0.2) is 0 Å². The SMILES string of the molecule is C[C@@H]1NC(=O)C2(CCCCc3ccccc3OCCNC1=O)CCN(C(=O)Cc1ccc(Cl)cc1)CC2. The number of rotatable bonds is 2. The number of likely N-dealkylation sites (tertiary alicyclic amines) is 1. The van der Waals surface area contributed by atoms with Crippen molar-refractivity contribution in [1.82, 2.24) is 15.5 Å². The third kappa shape index (κ3) is 7.04. The highest BCUT2D eigenvalue weighted by Crippen LogP contribution is 2.38. The summed E-state index contributed by atoms with van der Waals surface area (Å²) >= 11 is 5.96. The van der Waals surface area contributed by atoms with Crippen LogP contribution in [0.15, 0.2) is 48.5 Å². The van der Waals surface area contributed by atoms with Crippen LogP contribution in [0.4, 0.5) is 0 Å². The number of carbonyl (C=O) groups is 3. The Balaban J connectivity index is 1.44. The number of benzene rings is 2. The number of nitrogens with zero attached hydrogens (tertiary/aromatic N) is 1. The Morgan fingerprint density at radius 1 is 1.05 bits per heavy atom. The first-order valence-corrected chi connectivity index (χ1v) is 13.6. The highest BCUT2D eigenvalue weighted by Gasteiger charge is 2.42. The van der Waals surface area contributed by atoms with E-state index in [-0.39, 0.29) is 17.7 Å². The van der Waals surface area contributed by atoms with Crippen molar-refractivity contribution in [2.45, 2.75) is 57.9 Å². The van der Waals surface area contributed by atoms with Gasteiger partial charge in [0.2, 0.25) is 17.7 Å². The number of hydrogen-bond acceptors (Lipinski definition) is 4. The minimum Gasteiger partial charge on any atom is -0.491 e. The van der Waals surface area contributed by atoms with Crippen LogP contribution >= 0.6 is 11.6 Å². The van der Waals surface area contributed by atoms with E-state index in [1.807, 2.05) is 35.2 Å². The van der Waals surface area contributed by atoms with Gasteiger partial charge in [0.1, 0.15) is 18.4 Å². The summed E-state index contributed by atoms with van der Waals surface area (Å²) in [6.45, 7) is 3.49. The molecule has 37 heavy (non-hydrogen) atoms. The average molecular weight is 526 g/mol. The molecule has 8 heteroatoms. The maximum absolute atomic E-state index is 13.6. The van der Waals surface area contributed by atoms with Crippen molar-refractivity contribution in [3.63, 3.8) is 0 Å². The van der Waals surface area contributed by atoms with Crippen LogP contribution in [-0.2, 0) is 27.2 Å². The van der Waals surface area contributed by atoms with Crippen LogP contribution < -0.4 is 15.4 Å². The Morgan fingerprint density at radius 2 is 1.78 bits per heavy atom. The summed E-state index contributed by atoms with van der Waals surface area (Å²) in [5, 5.41) is 6.46. The lowest BCUT2D eigenvalue weighted by Crippen LogP contribution is -2.54. The Hall–Kier alpha value is -3.06. The first-order chi connectivity index (χ1) is 17.9. The van der Waals surface area contributed by atoms with E-state index in [0.29, 0.717) is 50.5 Å². The minimum absolute atomic E-state index is 0.0547. The summed E-state index contributed by atoms with van der Waals surface area (Å²) in [5.74, 6) is 0.576. The van der Waals surface area contributed by atoms with Gasteiger partial charge in [0.05, 0.1) is 18.4 Å². The van der Waals surface area contributed by atoms with Gasteiger partial charge in [0.25, 0.3) is 0 Å². The van der Waals surface area contributed by atoms with Gasteiger partial charge in [-0.1, -0.05) is 48.4 Å². The smallest absolute Gasteiger partial charge is 0.242 e. The van der Waals surface area contributed by atoms with E-state index >= 15 is 0 Å². The predicted octanol–water partition coefficient (Wildman–Crippen LogP) is 3.92. The van der Waals surface area contributed by atoms with Crippen LogP contribution in [0.3, 0.4) is 0 Å². The zero-order valence-corrected chi connectivity index (χ0v) is 22.2. The van der Waals surface area contributed by atoms with Gasteiger partial charge >= 0.3 is 0 Å². The highest BCUT2D eigenvalue weighted by atomic mass is 35.5. The Kier molecular flexibility index (Phi) is 9.09. The third-order valence-corrected chi connectivity index (χ3v) is 7.80. The molecule has 2 aliphatic heterocycles. The molecular weight excluding hydrogens is 490 g/mol. The van der Waals surface area contributed by atoms with E-state index in [9.17, 15) is 14.4 Å². The van der Waals surface area contributed by atoms with Gasteiger partial charge in [-0.05, 0) is 68.4 Å². The van der Waals surface area contributed by atoms with Crippen LogP contribution in [0.2, 0.25) is 5.02 Å². The summed E-state index contributed by atoms with van der Waals surface area (Å²) in [6.07, 6.45) is 4.87. The first kappa shape index (κ1) is 27.0. The number of aryl methyl sites for hydroxylation is 1. The van der Waals surface area contributed by atoms with E-state index in [0.717, 1.165) is 42.6 Å². The van der Waals surface area contributed by atoms with Crippen molar-refractivity contribution in [3.8, 4) is 5.75 Å². The number of para-hydroxylation sites is 1. The van der Waals surface area contributed by atoms with Gasteiger partial charge in [-0.15, -0.1) is 0 Å². The van der Waals surface area contributed by atoms with Crippen LogP contribution in [0.1, 0.15) is 50.2 Å². The molecule has 2 aromatic carbocycles. The summed E-state index contributed by atoms with van der Waals surface area (Å²) < 4.78 is 5.91. The number of carbonyl (C=O) groups excluding carboxylic acids is 3. The minimum atomic E-state index is -0.647. The summed E-state index contributed by atoms with van der Waals surface area (Å²) in [6, 6.07) is 14.7. The number of nitrogens with one attached hydrogen (secondary N) is 2. The molecule has 2 aliphatic rings. The van der Waals surface area contributed by atoms with Crippen LogP contribution in [0, 0.1) is 5.41 Å². The molecule has 2 heterocycles. The molecule has 0 aliphatic carbocycles. The topological polar surface area (TPSA) is 87.7 Å². The molecule has 4 rings (SSSR count). The average Bonchev–Trinajstić information content (AvgIpc) is 2.91. The molecule has 2 aromatic rings. The Labute approximate surface area is 223 Å². The van der Waals surface area contributed by atoms with Crippen molar-refractivity contribution < 1.29 is 19.1 Å². The summed E-state index contributed by atoms with van der Waals surface area (Å²) in [4.78, 5) is 41.0. The summed E-state index contributed by atoms with van der Waals surface area (Å²) in [5.41, 5.74) is 1.46. The molecule has 2 N–H and O–H groups in total. The van der Waals surface area contributed by atoms with Crippen LogP contribution in [0.5, 0.6) is 5.75 Å². The van der Waals surface area contributed by atoms with E-state index in [2.05, 4.69) is 16.7 Å². The van der Waals surface area contributed by atoms with Gasteiger partial charge in [-0.3, -0.25) is 14.4 Å². The molecule has 0 saturated carbocycles. The zero-order valence-electron chi connectivity index (χ0n) is 21.4. The molecule has 1 saturated heterocycles. The molecule has 1 fully saturated rings. The third-order valence-electron chi connectivity index (χ3n) is 7.55. The molecular formula is C29H36ClN3O4. The first-order valence-electron chi connectivity index (χ1n) is 13.2. The number of ether oxygens (including phenoxy) is 1. The van der Waals surface area contributed by atoms with Crippen molar-refractivity contribution in [2.24, 2.45) is 5.41 Å². The Morgan fingerprint density at radius 3 is 2.54 bits per heavy atom. The largest absolute Gasteiger partial charge is 0.491 e. The predicted molar refractivity (Wildman–Crippen MR) is 144 cm³/mol. The lowest BCUT2D eigenvalue weighted by Gasteiger charge is -2.41. The standard InChI is InChI=1S/C29H36ClN3O4/c1-21-27(35)31-16-19-37-25-8-3-2-6-23(25)7-4-5-13-29(28(36)32-21)14-17-33(18-15-29)26(34)20-22-9-11-24(30)12-10-22/h2-3,6,8-12,21H,4-5,7,13-20H2,1H3,(H,31,35)(H,32,36)/t21-/m0/s1. The second-order valence-electron chi connectivity index (χ2n) is 10.1. The fourth-order valence-corrected chi connectivity index (χ4v) is 5.32. The molecule has 3 amide bonds. The van der Waals surface area contributed by atoms with E-state index in [1.165, 1.54) is 0 Å². The fourth-order valence-electron chi connectivity index (χ4n) is 5.20. The number of fused-ring (bicyclic) bond motifs is 1. The molecule has 0 radical (unpaired) electrons. The molecule has 7 nitrogen and oxygen atoms in total. The second-order valence-corrected chi connectivity index (χ2v) is 10.6. The van der Waals surface area contributed by atoms with Crippen molar-refractivity contribution in [2.75, 3.05) is 26.2 Å². The van der Waals surface area contributed by atoms with Gasteiger partial charge < -0.3 is 20.3 Å². The number of hydrogen-bond donors (Lipinski definition) is 2. The highest BCUT2D eigenvalue weighted by molar-refractivity contribution is 6.30. The maximum atomic E-state index is 13.6. The molecule has 198 valence electrons. The van der Waals surface area contributed by atoms with E-state index in [1.54, 1.807) is 19.1 Å². The maximum Gasteiger partial charge on any atom is 0.242 e. The van der Waals surface area contributed by atoms with Crippen molar-refractivity contribution >= 4 is 29.3 Å². The van der Waals surface area contributed by atoms with Crippen LogP contribution in [0.25, 0.3) is 0 Å². The fraction of sp³-hybridized carbons (Fsp3) is 0.483. The van der Waals surface area contributed by atoms with E-state index < -0.39 is 11.5 Å². The number of amides is 3. The van der Waals surface area contributed by atoms with Gasteiger partial charge in [-0.2, -0.15) is 0 Å². The molecule has 1 spiro atoms. The molecule has 0 bridgehead atoms. The summed E-state index contributed by atoms with van der Waals surface area (Å²) in [7, 11) is 0. The monoisotopic (exact) mass is 525 g/mol. The lowest BCUT2D eigenvalue weighted by molar-refractivity contribution is -0.142. The molecule has 1 atom stereocenters. The van der Waals surface area contributed by atoms with Crippen molar-refractivity contribution in [1.29, 1.82) is 0 Å². The van der Waals surface area contributed by atoms with E-state index in [4.69, 9.17) is 16.3 Å². The second kappa shape index (κ2) is 12.5. The molecule has 0 unspecified atom stereocenters. The quantitative estimate of drug-likeness (QED) is 0.622. The lowest BCUT2D eigenvalue weighted by atomic mass is 9.73. The normalized spacial score (nSPS) is 21.0. The number of halogens is 1. The van der Waals surface area contributed by atoms with Crippen molar-refractivity contribution in [3.05, 3.63) is 64.7 Å².